The zero-order valence-corrected chi connectivity index (χ0v) is 28.6. The van der Waals surface area contributed by atoms with Crippen molar-refractivity contribution in [3.05, 3.63) is 125 Å². The minimum Gasteiger partial charge on any atom is -0.493 e. The van der Waals surface area contributed by atoms with Crippen LogP contribution in [0.1, 0.15) is 43.5 Å². The molecule has 1 unspecified atom stereocenters. The van der Waals surface area contributed by atoms with Crippen LogP contribution in [0.4, 0.5) is 5.69 Å². The SMILES string of the molecule is COc1cc2cc(C(=O)N3CC(CCl)c4c3cc(OCc3ccccc3)c3cc(C(=O)OCc5ccccc5)ccc43)[nH]c2c(OC)c1OC. The van der Waals surface area contributed by atoms with E-state index in [9.17, 15) is 9.59 Å². The van der Waals surface area contributed by atoms with Crippen LogP contribution in [-0.2, 0) is 18.0 Å². The molecule has 10 heteroatoms. The van der Waals surface area contributed by atoms with Gasteiger partial charge in [-0.15, -0.1) is 11.6 Å². The Hall–Kier alpha value is -5.67. The molecule has 0 saturated heterocycles. The first kappa shape index (κ1) is 32.9. The molecule has 1 aliphatic heterocycles. The number of hydrogen-bond donors (Lipinski definition) is 1. The number of hydrogen-bond acceptors (Lipinski definition) is 7. The molecule has 1 aliphatic rings. The highest BCUT2D eigenvalue weighted by molar-refractivity contribution is 6.19. The highest BCUT2D eigenvalue weighted by Gasteiger charge is 2.36. The van der Waals surface area contributed by atoms with Crippen molar-refractivity contribution in [3.63, 3.8) is 0 Å². The Morgan fingerprint density at radius 2 is 1.48 bits per heavy atom. The topological polar surface area (TPSA) is 99.3 Å². The van der Waals surface area contributed by atoms with Crippen molar-refractivity contribution in [1.82, 2.24) is 4.98 Å². The van der Waals surface area contributed by atoms with Crippen LogP contribution >= 0.6 is 11.6 Å². The number of anilines is 1. The highest BCUT2D eigenvalue weighted by atomic mass is 35.5. The first-order valence-electron chi connectivity index (χ1n) is 16.1. The van der Waals surface area contributed by atoms with Crippen LogP contribution in [0, 0.1) is 0 Å². The van der Waals surface area contributed by atoms with Gasteiger partial charge in [0.25, 0.3) is 5.91 Å². The van der Waals surface area contributed by atoms with E-state index in [4.69, 9.17) is 35.3 Å². The van der Waals surface area contributed by atoms with Crippen molar-refractivity contribution in [2.24, 2.45) is 0 Å². The Labute approximate surface area is 294 Å². The fraction of sp³-hybridized carbons (Fsp3) is 0.200. The largest absolute Gasteiger partial charge is 0.493 e. The number of methoxy groups -OCH3 is 3. The molecular formula is C40H35ClN2O7. The second-order valence-corrected chi connectivity index (χ2v) is 12.3. The minimum absolute atomic E-state index is 0.157. The van der Waals surface area contributed by atoms with E-state index in [1.807, 2.05) is 72.8 Å². The molecule has 1 atom stereocenters. The standard InChI is InChI=1S/C40H35ClN2O7/c1-46-34-18-27-17-31(42-36(27)38(48-3)37(34)47-2)39(44)43-21-28(20-41)35-29-15-14-26(40(45)50-23-25-12-8-5-9-13-25)16-30(29)33(19-32(35)43)49-22-24-10-6-4-7-11-24/h4-19,28,42H,20-23H2,1-3H3. The van der Waals surface area contributed by atoms with Crippen molar-refractivity contribution in [2.75, 3.05) is 38.7 Å². The quantitative estimate of drug-likeness (QED) is 0.108. The fourth-order valence-corrected chi connectivity index (χ4v) is 6.83. The van der Waals surface area contributed by atoms with Gasteiger partial charge in [-0.1, -0.05) is 66.7 Å². The smallest absolute Gasteiger partial charge is 0.338 e. The van der Waals surface area contributed by atoms with Crippen molar-refractivity contribution >= 4 is 50.8 Å². The lowest BCUT2D eigenvalue weighted by Gasteiger charge is -2.19. The average Bonchev–Trinajstić information content (AvgIpc) is 3.77. The number of aromatic nitrogens is 1. The maximum absolute atomic E-state index is 14.4. The normalized spacial score (nSPS) is 13.7. The Bertz CT molecular complexity index is 2200. The summed E-state index contributed by atoms with van der Waals surface area (Å²) in [6.07, 6.45) is 0. The zero-order valence-electron chi connectivity index (χ0n) is 27.8. The molecule has 0 saturated carbocycles. The number of halogens is 1. The number of ether oxygens (including phenoxy) is 5. The molecule has 2 heterocycles. The number of rotatable bonds is 11. The van der Waals surface area contributed by atoms with Crippen molar-refractivity contribution in [1.29, 1.82) is 0 Å². The van der Waals surface area contributed by atoms with E-state index in [-0.39, 0.29) is 30.9 Å². The molecule has 9 nitrogen and oxygen atoms in total. The Balaban J connectivity index is 1.30. The predicted octanol–water partition coefficient (Wildman–Crippen LogP) is 8.27. The summed E-state index contributed by atoms with van der Waals surface area (Å²) < 4.78 is 28.8. The van der Waals surface area contributed by atoms with Gasteiger partial charge in [-0.25, -0.2) is 4.79 Å². The summed E-state index contributed by atoms with van der Waals surface area (Å²) >= 11 is 6.59. The van der Waals surface area contributed by atoms with Crippen LogP contribution in [-0.4, -0.2) is 50.6 Å². The van der Waals surface area contributed by atoms with E-state index in [1.165, 1.54) is 14.2 Å². The van der Waals surface area contributed by atoms with Crippen LogP contribution in [0.3, 0.4) is 0 Å². The fourth-order valence-electron chi connectivity index (χ4n) is 6.57. The van der Waals surface area contributed by atoms with Crippen LogP contribution in [0.15, 0.2) is 97.1 Å². The van der Waals surface area contributed by atoms with Gasteiger partial charge in [0.2, 0.25) is 5.75 Å². The van der Waals surface area contributed by atoms with Gasteiger partial charge in [0.05, 0.1) is 38.1 Å². The number of esters is 1. The average molecular weight is 691 g/mol. The number of amides is 1. The predicted molar refractivity (Wildman–Crippen MR) is 193 cm³/mol. The zero-order chi connectivity index (χ0) is 34.8. The molecule has 0 spiro atoms. The first-order chi connectivity index (χ1) is 24.4. The van der Waals surface area contributed by atoms with E-state index < -0.39 is 5.97 Å². The van der Waals surface area contributed by atoms with Gasteiger partial charge >= 0.3 is 5.97 Å². The van der Waals surface area contributed by atoms with E-state index in [0.717, 1.165) is 32.8 Å². The van der Waals surface area contributed by atoms with Crippen LogP contribution in [0.5, 0.6) is 23.0 Å². The third kappa shape index (κ3) is 6.05. The van der Waals surface area contributed by atoms with Gasteiger partial charge in [-0.05, 0) is 46.3 Å². The second-order valence-electron chi connectivity index (χ2n) is 12.0. The lowest BCUT2D eigenvalue weighted by Crippen LogP contribution is -2.30. The molecule has 0 aliphatic carbocycles. The first-order valence-corrected chi connectivity index (χ1v) is 16.6. The summed E-state index contributed by atoms with van der Waals surface area (Å²) in [5.74, 6) is 1.29. The molecule has 254 valence electrons. The molecule has 0 fully saturated rings. The maximum Gasteiger partial charge on any atom is 0.338 e. The van der Waals surface area contributed by atoms with Crippen LogP contribution in [0.2, 0.25) is 0 Å². The monoisotopic (exact) mass is 690 g/mol. The van der Waals surface area contributed by atoms with E-state index in [2.05, 4.69) is 4.98 Å². The number of nitrogens with zero attached hydrogens (tertiary/aromatic N) is 1. The molecule has 1 amide bonds. The molecule has 6 aromatic rings. The number of aromatic amines is 1. The molecule has 5 aromatic carbocycles. The summed E-state index contributed by atoms with van der Waals surface area (Å²) in [5, 5.41) is 2.31. The molecule has 0 bridgehead atoms. The Morgan fingerprint density at radius 1 is 0.780 bits per heavy atom. The van der Waals surface area contributed by atoms with Gasteiger partial charge < -0.3 is 33.6 Å². The minimum atomic E-state index is -0.446. The summed E-state index contributed by atoms with van der Waals surface area (Å²) in [4.78, 5) is 32.6. The van der Waals surface area contributed by atoms with Crippen molar-refractivity contribution < 1.29 is 33.3 Å². The molecule has 1 N–H and O–H groups in total. The number of carbonyl (C=O) groups excluding carboxylic acids is 2. The summed E-state index contributed by atoms with van der Waals surface area (Å²) in [7, 11) is 4.62. The van der Waals surface area contributed by atoms with Crippen molar-refractivity contribution in [3.8, 4) is 23.0 Å². The van der Waals surface area contributed by atoms with Gasteiger partial charge in [0.1, 0.15) is 24.7 Å². The summed E-state index contributed by atoms with van der Waals surface area (Å²) in [5.41, 5.74) is 4.84. The highest BCUT2D eigenvalue weighted by Crippen LogP contribution is 2.47. The third-order valence-corrected chi connectivity index (χ3v) is 9.36. The van der Waals surface area contributed by atoms with Gasteiger partial charge in [-0.2, -0.15) is 0 Å². The van der Waals surface area contributed by atoms with Crippen LogP contribution in [0.25, 0.3) is 21.7 Å². The van der Waals surface area contributed by atoms with E-state index in [0.29, 0.717) is 52.0 Å². The van der Waals surface area contributed by atoms with E-state index >= 15 is 0 Å². The summed E-state index contributed by atoms with van der Waals surface area (Å²) in [6.45, 7) is 0.800. The van der Waals surface area contributed by atoms with Gasteiger partial charge in [0.15, 0.2) is 11.5 Å². The van der Waals surface area contributed by atoms with Gasteiger partial charge in [-0.3, -0.25) is 4.79 Å². The number of fused-ring (bicyclic) bond motifs is 4. The molecule has 50 heavy (non-hydrogen) atoms. The Morgan fingerprint density at radius 3 is 2.14 bits per heavy atom. The number of H-pyrrole nitrogens is 1. The number of carbonyl (C=O) groups is 2. The second kappa shape index (κ2) is 14.1. The number of alkyl halides is 1. The van der Waals surface area contributed by atoms with Crippen LogP contribution < -0.4 is 23.8 Å². The molecular weight excluding hydrogens is 656 g/mol. The van der Waals surface area contributed by atoms with Gasteiger partial charge in [0, 0.05) is 35.2 Å². The molecule has 7 rings (SSSR count). The molecule has 1 aromatic heterocycles. The lowest BCUT2D eigenvalue weighted by molar-refractivity contribution is 0.0472. The number of benzene rings is 5. The maximum atomic E-state index is 14.4. The van der Waals surface area contributed by atoms with E-state index in [1.54, 1.807) is 36.3 Å². The third-order valence-electron chi connectivity index (χ3n) is 8.99. The number of nitrogens with one attached hydrogen (secondary N) is 1. The summed E-state index contributed by atoms with van der Waals surface area (Å²) in [6, 6.07) is 30.2. The Kier molecular flexibility index (Phi) is 9.23. The lowest BCUT2D eigenvalue weighted by atomic mass is 9.94. The van der Waals surface area contributed by atoms with Crippen molar-refractivity contribution in [2.45, 2.75) is 19.1 Å². The molecule has 0 radical (unpaired) electrons.